The van der Waals surface area contributed by atoms with Crippen LogP contribution in [-0.4, -0.2) is 82.7 Å². The van der Waals surface area contributed by atoms with Crippen molar-refractivity contribution in [2.75, 3.05) is 26.2 Å². The molecule has 3 N–H and O–H groups in total. The Morgan fingerprint density at radius 3 is 2.70 bits per heavy atom. The fourth-order valence-electron chi connectivity index (χ4n) is 6.66. The third kappa shape index (κ3) is 7.80. The van der Waals surface area contributed by atoms with Crippen molar-refractivity contribution in [2.24, 2.45) is 11.8 Å². The van der Waals surface area contributed by atoms with Crippen molar-refractivity contribution in [3.63, 3.8) is 0 Å². The normalized spacial score (nSPS) is 25.1. The molecule has 3 aliphatic heterocycles. The summed E-state index contributed by atoms with van der Waals surface area (Å²) < 4.78 is 0. The van der Waals surface area contributed by atoms with Crippen molar-refractivity contribution in [1.29, 1.82) is 0 Å². The Kier molecular flexibility index (Phi) is 10.1. The molecule has 2 aromatic rings. The van der Waals surface area contributed by atoms with Crippen LogP contribution in [0.1, 0.15) is 71.9 Å². The molecule has 2 saturated heterocycles. The molecule has 10 nitrogen and oxygen atoms in total. The molecule has 1 aromatic carbocycles. The van der Waals surface area contributed by atoms with Crippen LogP contribution in [0, 0.1) is 18.8 Å². The van der Waals surface area contributed by atoms with Crippen molar-refractivity contribution >= 4 is 35.0 Å². The summed E-state index contributed by atoms with van der Waals surface area (Å²) >= 11 is 1.39. The molecule has 0 saturated carbocycles. The molecule has 11 heteroatoms. The third-order valence-electron chi connectivity index (χ3n) is 8.86. The molecule has 4 amide bonds. The highest BCUT2D eigenvalue weighted by molar-refractivity contribution is 7.13. The largest absolute Gasteiger partial charge is 0.354 e. The molecule has 3 aliphatic rings. The first-order chi connectivity index (χ1) is 20.7. The van der Waals surface area contributed by atoms with Crippen LogP contribution >= 0.6 is 11.3 Å². The highest BCUT2D eigenvalue weighted by Crippen LogP contribution is 2.33. The van der Waals surface area contributed by atoms with E-state index < -0.39 is 6.04 Å². The number of hydrogen-bond donors (Lipinski definition) is 3. The van der Waals surface area contributed by atoms with Crippen molar-refractivity contribution in [3.8, 4) is 0 Å². The smallest absolute Gasteiger partial charge is 0.265 e. The molecule has 0 radical (unpaired) electrons. The van der Waals surface area contributed by atoms with Crippen LogP contribution in [0.5, 0.6) is 0 Å². The monoisotopic (exact) mass is 608 g/mol. The zero-order valence-corrected chi connectivity index (χ0v) is 26.3. The first-order valence-electron chi connectivity index (χ1n) is 15.6. The van der Waals surface area contributed by atoms with E-state index in [-0.39, 0.29) is 54.0 Å². The zero-order valence-electron chi connectivity index (χ0n) is 25.4. The number of thiazole rings is 1. The van der Waals surface area contributed by atoms with Crippen molar-refractivity contribution in [3.05, 3.63) is 51.5 Å². The summed E-state index contributed by atoms with van der Waals surface area (Å²) in [6, 6.07) is 9.64. The number of rotatable bonds is 6. The molecule has 43 heavy (non-hydrogen) atoms. The van der Waals surface area contributed by atoms with Crippen LogP contribution in [0.2, 0.25) is 0 Å². The Morgan fingerprint density at radius 2 is 1.93 bits per heavy atom. The minimum absolute atomic E-state index is 0.0509. The van der Waals surface area contributed by atoms with Crippen molar-refractivity contribution in [1.82, 2.24) is 30.7 Å². The SMILES string of the molecule is Cc1nc2sc1C(=O)N1CC[C@@H](CC(=O)NCc3ccccc3)[C@@H](CC(=O)N3CC[C@@H](NC(C)C)C[C@H]3C(=O)NCC2)C1. The Bertz CT molecular complexity index is 1310. The lowest BCUT2D eigenvalue weighted by atomic mass is 9.80. The minimum Gasteiger partial charge on any atom is -0.354 e. The Morgan fingerprint density at radius 1 is 1.14 bits per heavy atom. The van der Waals surface area contributed by atoms with E-state index in [2.05, 4.69) is 34.8 Å². The summed E-state index contributed by atoms with van der Waals surface area (Å²) in [7, 11) is 0. The second kappa shape index (κ2) is 14.0. The van der Waals surface area contributed by atoms with Gasteiger partial charge in [-0.1, -0.05) is 44.2 Å². The van der Waals surface area contributed by atoms with Gasteiger partial charge in [-0.3, -0.25) is 19.2 Å². The van der Waals surface area contributed by atoms with E-state index in [1.54, 1.807) is 4.90 Å². The quantitative estimate of drug-likeness (QED) is 0.464. The predicted octanol–water partition coefficient (Wildman–Crippen LogP) is 2.66. The van der Waals surface area contributed by atoms with Gasteiger partial charge in [0.2, 0.25) is 17.7 Å². The molecule has 4 heterocycles. The van der Waals surface area contributed by atoms with Gasteiger partial charge in [0.15, 0.2) is 0 Å². The van der Waals surface area contributed by atoms with Crippen LogP contribution in [0.15, 0.2) is 30.3 Å². The van der Waals surface area contributed by atoms with E-state index in [1.807, 2.05) is 42.2 Å². The van der Waals surface area contributed by atoms with E-state index in [4.69, 9.17) is 0 Å². The molecule has 232 valence electrons. The van der Waals surface area contributed by atoms with Gasteiger partial charge in [-0.05, 0) is 43.6 Å². The van der Waals surface area contributed by atoms with Crippen LogP contribution in [-0.2, 0) is 27.3 Å². The molecule has 2 fully saturated rings. The third-order valence-corrected chi connectivity index (χ3v) is 10.1. The number of hydrogen-bond acceptors (Lipinski definition) is 7. The van der Waals surface area contributed by atoms with Crippen molar-refractivity contribution in [2.45, 2.75) is 84.0 Å². The lowest BCUT2D eigenvalue weighted by Gasteiger charge is -2.42. The van der Waals surface area contributed by atoms with Gasteiger partial charge in [-0.2, -0.15) is 0 Å². The summed E-state index contributed by atoms with van der Waals surface area (Å²) in [6.07, 6.45) is 2.98. The molecule has 0 aliphatic carbocycles. The summed E-state index contributed by atoms with van der Waals surface area (Å²) in [5, 5.41) is 10.4. The molecule has 1 aromatic heterocycles. The molecule has 5 rings (SSSR count). The molecular formula is C32H44N6O4S. The van der Waals surface area contributed by atoms with E-state index >= 15 is 0 Å². The molecule has 0 spiro atoms. The first kappa shape index (κ1) is 31.1. The summed E-state index contributed by atoms with van der Waals surface area (Å²) in [6.45, 7) is 8.29. The fourth-order valence-corrected chi connectivity index (χ4v) is 7.69. The van der Waals surface area contributed by atoms with Gasteiger partial charge < -0.3 is 25.8 Å². The molecule has 4 bridgehead atoms. The summed E-state index contributed by atoms with van der Waals surface area (Å²) in [5.41, 5.74) is 1.72. The van der Waals surface area contributed by atoms with E-state index in [1.165, 1.54) is 11.3 Å². The number of nitrogens with zero attached hydrogens (tertiary/aromatic N) is 3. The maximum atomic E-state index is 14.0. The van der Waals surface area contributed by atoms with E-state index in [9.17, 15) is 19.2 Å². The van der Waals surface area contributed by atoms with Gasteiger partial charge >= 0.3 is 0 Å². The Balaban J connectivity index is 1.37. The topological polar surface area (TPSA) is 124 Å². The summed E-state index contributed by atoms with van der Waals surface area (Å²) in [4.78, 5) is 63.0. The summed E-state index contributed by atoms with van der Waals surface area (Å²) in [5.74, 6) is -0.598. The average molecular weight is 609 g/mol. The minimum atomic E-state index is -0.565. The van der Waals surface area contributed by atoms with Crippen LogP contribution < -0.4 is 16.0 Å². The number of nitrogens with one attached hydrogen (secondary N) is 3. The van der Waals surface area contributed by atoms with Crippen LogP contribution in [0.3, 0.4) is 0 Å². The number of fused-ring (bicyclic) bond motifs is 5. The van der Waals surface area contributed by atoms with Crippen molar-refractivity contribution < 1.29 is 19.2 Å². The van der Waals surface area contributed by atoms with E-state index in [0.717, 1.165) is 17.0 Å². The Labute approximate surface area is 258 Å². The number of aromatic nitrogens is 1. The second-order valence-corrected chi connectivity index (χ2v) is 13.5. The Hall–Kier alpha value is -3.31. The molecule has 4 atom stereocenters. The molecule has 0 unspecified atom stereocenters. The van der Waals surface area contributed by atoms with Gasteiger partial charge in [-0.25, -0.2) is 4.98 Å². The first-order valence-corrected chi connectivity index (χ1v) is 16.4. The lowest BCUT2D eigenvalue weighted by molar-refractivity contribution is -0.144. The fraction of sp³-hybridized carbons (Fsp3) is 0.594. The maximum absolute atomic E-state index is 14.0. The van der Waals surface area contributed by atoms with E-state index in [0.29, 0.717) is 69.0 Å². The van der Waals surface area contributed by atoms with Gasteiger partial charge in [0.1, 0.15) is 10.9 Å². The number of amides is 4. The maximum Gasteiger partial charge on any atom is 0.265 e. The highest BCUT2D eigenvalue weighted by Gasteiger charge is 2.40. The molecular weight excluding hydrogens is 564 g/mol. The predicted molar refractivity (Wildman–Crippen MR) is 165 cm³/mol. The highest BCUT2D eigenvalue weighted by atomic mass is 32.1. The van der Waals surface area contributed by atoms with Gasteiger partial charge in [-0.15, -0.1) is 11.3 Å². The number of carbonyl (C=O) groups excluding carboxylic acids is 4. The zero-order chi connectivity index (χ0) is 30.5. The van der Waals surface area contributed by atoms with Crippen LogP contribution in [0.4, 0.5) is 0 Å². The standard InChI is InChI=1S/C32H44N6O4S/c1-20(2)35-25-11-14-38-26(17-25)31(41)33-12-9-28-36-21(3)30(43-28)32(42)37-13-10-23(24(19-37)16-29(38)40)15-27(39)34-18-22-7-5-4-6-8-22/h4-8,20,23-26,35H,9-19H2,1-3H3,(H,33,41)(H,34,39)/t23-,24-,25+,26-/m0/s1. The number of piperidine rings is 2. The van der Waals surface area contributed by atoms with Gasteiger partial charge in [0, 0.05) is 64.1 Å². The number of benzene rings is 1. The number of carbonyl (C=O) groups is 4. The van der Waals surface area contributed by atoms with Crippen LogP contribution in [0.25, 0.3) is 0 Å². The second-order valence-electron chi connectivity index (χ2n) is 12.4. The average Bonchev–Trinajstić information content (AvgIpc) is 3.36. The number of aryl methyl sites for hydroxylation is 1. The van der Waals surface area contributed by atoms with Gasteiger partial charge in [0.05, 0.1) is 10.7 Å². The van der Waals surface area contributed by atoms with Gasteiger partial charge in [0.25, 0.3) is 5.91 Å². The lowest BCUT2D eigenvalue weighted by Crippen LogP contribution is -2.58.